The Labute approximate surface area is 564 Å². The van der Waals surface area contributed by atoms with E-state index in [1.165, 1.54) is 0 Å². The van der Waals surface area contributed by atoms with Crippen molar-refractivity contribution in [2.75, 3.05) is 53.4 Å². The number of hydrogen-bond acceptors (Lipinski definition) is 15. The van der Waals surface area contributed by atoms with Crippen LogP contribution in [0.2, 0.25) is 0 Å². The summed E-state index contributed by atoms with van der Waals surface area (Å²) in [6.45, 7) is 18.2. The molecule has 17 nitrogen and oxygen atoms in total. The number of hydrogen-bond donors (Lipinski definition) is 2. The predicted octanol–water partition coefficient (Wildman–Crippen LogP) is 20.3. The molecule has 0 atom stereocenters. The van der Waals surface area contributed by atoms with Gasteiger partial charge in [0.25, 0.3) is 0 Å². The highest BCUT2D eigenvalue weighted by Crippen LogP contribution is 2.56. The van der Waals surface area contributed by atoms with E-state index in [2.05, 4.69) is 119 Å². The van der Waals surface area contributed by atoms with Crippen molar-refractivity contribution in [2.45, 2.75) is 138 Å². The highest BCUT2D eigenvalue weighted by molar-refractivity contribution is 6.23. The number of aromatic amines is 2. The van der Waals surface area contributed by atoms with Crippen LogP contribution in [-0.2, 0) is 0 Å². The summed E-state index contributed by atoms with van der Waals surface area (Å²) >= 11 is 0. The summed E-state index contributed by atoms with van der Waals surface area (Å²) in [5, 5.41) is 10.5. The molecule has 498 valence electrons. The number of ether oxygens (including phenoxy) is 8. The molecular weight excluding hydrogens is 1210 g/mol. The molecule has 4 aromatic heterocycles. The van der Waals surface area contributed by atoms with Gasteiger partial charge in [-0.3, -0.25) is 4.98 Å². The van der Waals surface area contributed by atoms with Gasteiger partial charge in [0.2, 0.25) is 0 Å². The number of rotatable bonds is 29. The molecule has 0 radical (unpaired) electrons. The maximum absolute atomic E-state index is 7.25. The molecular formula is C80H85N9O8. The largest absolute Gasteiger partial charge is 0.495 e. The minimum atomic E-state index is 0.319. The summed E-state index contributed by atoms with van der Waals surface area (Å²) in [6.07, 6.45) is 13.8. The van der Waals surface area contributed by atoms with E-state index in [1.54, 1.807) is 13.3 Å². The average Bonchev–Trinajstić information content (AvgIpc) is 1.53. The second-order valence-corrected chi connectivity index (χ2v) is 25.1. The summed E-state index contributed by atoms with van der Waals surface area (Å²) in [7, 11) is 1.68. The molecule has 2 aliphatic heterocycles. The number of nitrogens with one attached hydrogen (secondary N) is 2. The zero-order valence-corrected chi connectivity index (χ0v) is 57.1. The topological polar surface area (TPSA) is 196 Å². The molecule has 0 saturated carbocycles. The van der Waals surface area contributed by atoms with Crippen LogP contribution in [0, 0.1) is 0 Å². The summed E-state index contributed by atoms with van der Waals surface area (Å²) in [5.74, 6) is 6.02. The van der Waals surface area contributed by atoms with Crippen molar-refractivity contribution >= 4 is 98.1 Å². The van der Waals surface area contributed by atoms with Crippen molar-refractivity contribution in [1.29, 1.82) is 0 Å². The Hall–Kier alpha value is -10.0. The fraction of sp³-hybridized carbons (Fsp3) is 0.362. The van der Waals surface area contributed by atoms with Crippen molar-refractivity contribution in [1.82, 2.24) is 44.9 Å². The summed E-state index contributed by atoms with van der Waals surface area (Å²) < 4.78 is 56.7. The minimum Gasteiger partial charge on any atom is -0.495 e. The monoisotopic (exact) mass is 1300 g/mol. The summed E-state index contributed by atoms with van der Waals surface area (Å²) in [5.41, 5.74) is 4.70. The molecule has 6 heterocycles. The highest BCUT2D eigenvalue weighted by atomic mass is 16.5. The maximum Gasteiger partial charge on any atom is 0.168 e. The van der Waals surface area contributed by atoms with Crippen LogP contribution in [0.3, 0.4) is 0 Å². The number of nitrogens with zero attached hydrogens (tertiary/aromatic N) is 7. The van der Waals surface area contributed by atoms with E-state index in [-0.39, 0.29) is 0 Å². The quantitative estimate of drug-likeness (QED) is 0.0332. The Bertz CT molecular complexity index is 5140. The normalized spacial score (nSPS) is 12.0. The smallest absolute Gasteiger partial charge is 0.168 e. The van der Waals surface area contributed by atoms with Crippen molar-refractivity contribution < 1.29 is 37.9 Å². The van der Waals surface area contributed by atoms with E-state index in [0.29, 0.717) is 187 Å². The third-order valence-electron chi connectivity index (χ3n) is 18.3. The molecule has 12 aromatic rings. The third-order valence-corrected chi connectivity index (χ3v) is 18.3. The lowest BCUT2D eigenvalue weighted by atomic mass is 9.95. The SMILES string of the molecule is CCCCOc1c2c(c(OCCCC)c3cc4ccccc4cc13)-c1nc-2nc2[nH]c(nc3nc(nc4[nH]c(n1)c1c(OC)c5cccnc5c(OCCCC)c41)-c1c-3c(OCCCC)c3ccccc3c1OCCCC)c1c(OCCCC)c3ccccc3c(OCCCC)c21. The van der Waals surface area contributed by atoms with Gasteiger partial charge in [0, 0.05) is 43.9 Å². The molecule has 8 aromatic carbocycles. The first-order valence-corrected chi connectivity index (χ1v) is 35.3. The maximum atomic E-state index is 7.25. The molecule has 0 aliphatic carbocycles. The van der Waals surface area contributed by atoms with E-state index in [9.17, 15) is 0 Å². The van der Waals surface area contributed by atoms with E-state index in [1.807, 2.05) is 36.4 Å². The van der Waals surface area contributed by atoms with Crippen LogP contribution in [0.5, 0.6) is 46.0 Å². The van der Waals surface area contributed by atoms with Gasteiger partial charge in [0.15, 0.2) is 29.0 Å². The zero-order chi connectivity index (χ0) is 66.5. The summed E-state index contributed by atoms with van der Waals surface area (Å²) in [6, 6.07) is 33.3. The van der Waals surface area contributed by atoms with Gasteiger partial charge in [-0.1, -0.05) is 166 Å². The molecule has 0 amide bonds. The van der Waals surface area contributed by atoms with Crippen LogP contribution >= 0.6 is 0 Å². The Balaban J connectivity index is 1.26. The van der Waals surface area contributed by atoms with Gasteiger partial charge in [-0.05, 0) is 80.0 Å². The molecule has 0 saturated heterocycles. The van der Waals surface area contributed by atoms with Crippen molar-refractivity contribution in [3.63, 3.8) is 0 Å². The standard InChI is InChI=1S/C80H85N9O8/c1-9-16-38-91-66-49-32-25-26-33-50(49)67(92-39-17-10-2)58-57(66)74-84-75-59-60(69(94-41-19-12-4)52-35-28-27-34-51(52)68(59)93-40-18-11-3)77(86-75)89-80-63-56(65(90-8)53-36-29-37-81-64(53)72(63)97-44-22-15-7)73(83-80)82-78-61-62(79(88-78)87-76(58)85-74)71(96-43-21-14-6)55-46-48-31-24-23-30-47(48)45-54(55)70(61)95-42-20-13-5/h23-37,45-46H,9-22,38-44H2,1-8H3,(H2,82,83,84,85,86,87,88,89). The fourth-order valence-corrected chi connectivity index (χ4v) is 13.3. The first-order chi connectivity index (χ1) is 47.9. The Morgan fingerprint density at radius 1 is 0.299 bits per heavy atom. The van der Waals surface area contributed by atoms with Gasteiger partial charge >= 0.3 is 0 Å². The first-order valence-electron chi connectivity index (χ1n) is 35.3. The highest BCUT2D eigenvalue weighted by Gasteiger charge is 2.36. The van der Waals surface area contributed by atoms with Crippen molar-refractivity contribution in [3.8, 4) is 91.5 Å². The fourth-order valence-electron chi connectivity index (χ4n) is 13.3. The molecule has 2 N–H and O–H groups in total. The van der Waals surface area contributed by atoms with Gasteiger partial charge in [-0.15, -0.1) is 0 Å². The van der Waals surface area contributed by atoms with Gasteiger partial charge in [-0.2, -0.15) is 0 Å². The van der Waals surface area contributed by atoms with E-state index in [0.717, 1.165) is 138 Å². The van der Waals surface area contributed by atoms with Gasteiger partial charge in [0.1, 0.15) is 68.4 Å². The predicted molar refractivity (Wildman–Crippen MR) is 391 cm³/mol. The Kier molecular flexibility index (Phi) is 19.1. The lowest BCUT2D eigenvalue weighted by Crippen LogP contribution is -2.04. The lowest BCUT2D eigenvalue weighted by molar-refractivity contribution is 0.308. The average molecular weight is 1300 g/mol. The molecule has 97 heavy (non-hydrogen) atoms. The van der Waals surface area contributed by atoms with Crippen LogP contribution in [-0.4, -0.2) is 98.2 Å². The number of pyridine rings is 1. The summed E-state index contributed by atoms with van der Waals surface area (Å²) in [4.78, 5) is 47.4. The number of fused-ring (bicyclic) bond motifs is 25. The van der Waals surface area contributed by atoms with Crippen LogP contribution in [0.1, 0.15) is 138 Å². The van der Waals surface area contributed by atoms with Crippen LogP contribution in [0.25, 0.3) is 144 Å². The second-order valence-electron chi connectivity index (χ2n) is 25.1. The van der Waals surface area contributed by atoms with Gasteiger partial charge in [-0.25, -0.2) is 29.9 Å². The van der Waals surface area contributed by atoms with E-state index >= 15 is 0 Å². The molecule has 8 bridgehead atoms. The van der Waals surface area contributed by atoms with Crippen LogP contribution in [0.4, 0.5) is 0 Å². The van der Waals surface area contributed by atoms with E-state index in [4.69, 9.17) is 72.8 Å². The van der Waals surface area contributed by atoms with Gasteiger partial charge in [0.05, 0.1) is 97.2 Å². The number of benzene rings is 8. The van der Waals surface area contributed by atoms with Gasteiger partial charge < -0.3 is 47.9 Å². The van der Waals surface area contributed by atoms with Crippen LogP contribution in [0.15, 0.2) is 103 Å². The van der Waals surface area contributed by atoms with Crippen LogP contribution < -0.4 is 37.9 Å². The molecule has 17 heteroatoms. The molecule has 2 aliphatic rings. The molecule has 14 rings (SSSR count). The number of aromatic nitrogens is 9. The number of H-pyrrole nitrogens is 2. The molecule has 0 unspecified atom stereocenters. The molecule has 0 spiro atoms. The van der Waals surface area contributed by atoms with E-state index < -0.39 is 0 Å². The number of unbranched alkanes of at least 4 members (excludes halogenated alkanes) is 7. The van der Waals surface area contributed by atoms with Crippen molar-refractivity contribution in [3.05, 3.63) is 103 Å². The lowest BCUT2D eigenvalue weighted by Gasteiger charge is -2.19. The second kappa shape index (κ2) is 28.7. The molecule has 0 fully saturated rings. The Morgan fingerprint density at radius 3 is 0.938 bits per heavy atom. The Morgan fingerprint density at radius 2 is 0.588 bits per heavy atom. The van der Waals surface area contributed by atoms with Crippen molar-refractivity contribution in [2.24, 2.45) is 0 Å². The zero-order valence-electron chi connectivity index (χ0n) is 57.1. The minimum absolute atomic E-state index is 0.319. The number of methoxy groups -OCH3 is 1. The third kappa shape index (κ3) is 11.8. The first kappa shape index (κ1) is 64.3.